The normalized spacial score (nSPS) is 10.9. The molecule has 0 aliphatic rings. The fraction of sp³-hybridized carbons (Fsp3) is 0.200. The molecule has 0 aliphatic heterocycles. The molecule has 0 aliphatic carbocycles. The van der Waals surface area contributed by atoms with Crippen LogP contribution in [0.4, 0.5) is 5.69 Å². The lowest BCUT2D eigenvalue weighted by molar-refractivity contribution is -0.112. The summed E-state index contributed by atoms with van der Waals surface area (Å²) >= 11 is 9.28. The number of benzene rings is 2. The molecule has 1 amide bonds. The van der Waals surface area contributed by atoms with Crippen LogP contribution in [-0.2, 0) is 4.79 Å². The smallest absolute Gasteiger partial charge is 0.266 e. The predicted octanol–water partition coefficient (Wildman–Crippen LogP) is 5.45. The van der Waals surface area contributed by atoms with Gasteiger partial charge in [-0.25, -0.2) is 0 Å². The fourth-order valence-corrected chi connectivity index (χ4v) is 2.74. The molecule has 5 nitrogen and oxygen atoms in total. The lowest BCUT2D eigenvalue weighted by Gasteiger charge is -2.12. The highest BCUT2D eigenvalue weighted by atomic mass is 79.9. The van der Waals surface area contributed by atoms with Crippen LogP contribution in [0, 0.1) is 11.3 Å². The molecule has 0 spiro atoms. The van der Waals surface area contributed by atoms with Crippen LogP contribution in [0.15, 0.2) is 46.4 Å². The van der Waals surface area contributed by atoms with Crippen molar-refractivity contribution in [2.24, 2.45) is 0 Å². The molecule has 0 bridgehead atoms. The van der Waals surface area contributed by atoms with Gasteiger partial charge in [-0.3, -0.25) is 4.79 Å². The highest BCUT2D eigenvalue weighted by Crippen LogP contribution is 2.34. The van der Waals surface area contributed by atoms with Gasteiger partial charge in [0.1, 0.15) is 11.6 Å². The lowest BCUT2D eigenvalue weighted by atomic mass is 10.1. The zero-order valence-corrected chi connectivity index (χ0v) is 17.2. The van der Waals surface area contributed by atoms with Gasteiger partial charge in [0, 0.05) is 15.2 Å². The number of nitriles is 1. The monoisotopic (exact) mass is 448 g/mol. The van der Waals surface area contributed by atoms with Gasteiger partial charge in [-0.2, -0.15) is 5.26 Å². The Kier molecular flexibility index (Phi) is 7.71. The van der Waals surface area contributed by atoms with Gasteiger partial charge in [0.25, 0.3) is 5.91 Å². The number of nitrogens with zero attached hydrogens (tertiary/aromatic N) is 1. The third-order valence-electron chi connectivity index (χ3n) is 3.51. The van der Waals surface area contributed by atoms with Gasteiger partial charge in [-0.1, -0.05) is 34.5 Å². The molecule has 7 heteroatoms. The molecule has 0 heterocycles. The summed E-state index contributed by atoms with van der Waals surface area (Å²) in [4.78, 5) is 12.4. The quantitative estimate of drug-likeness (QED) is 0.451. The number of hydrogen-bond donors (Lipinski definition) is 1. The van der Waals surface area contributed by atoms with Crippen molar-refractivity contribution in [3.05, 3.63) is 57.0 Å². The Labute approximate surface area is 171 Å². The molecule has 140 valence electrons. The number of anilines is 1. The second-order valence-corrected chi connectivity index (χ2v) is 6.79. The molecule has 2 aromatic carbocycles. The molecule has 0 saturated carbocycles. The van der Waals surface area contributed by atoms with E-state index in [0.29, 0.717) is 38.9 Å². The molecule has 2 rings (SSSR count). The SMILES string of the molecule is CCCOc1cc(Br)c(C=C(C#N)C(=O)Nc2ccc(Cl)cc2)cc1OC. The Hall–Kier alpha value is -2.49. The van der Waals surface area contributed by atoms with Crippen LogP contribution in [0.2, 0.25) is 5.02 Å². The van der Waals surface area contributed by atoms with Gasteiger partial charge in [0.2, 0.25) is 0 Å². The van der Waals surface area contributed by atoms with Gasteiger partial charge < -0.3 is 14.8 Å². The second-order valence-electron chi connectivity index (χ2n) is 5.50. The Morgan fingerprint density at radius 1 is 1.30 bits per heavy atom. The van der Waals surface area contributed by atoms with Crippen molar-refractivity contribution in [1.29, 1.82) is 5.26 Å². The molecular weight excluding hydrogens is 432 g/mol. The Morgan fingerprint density at radius 3 is 2.59 bits per heavy atom. The fourth-order valence-electron chi connectivity index (χ4n) is 2.18. The molecule has 2 aromatic rings. The van der Waals surface area contributed by atoms with E-state index < -0.39 is 5.91 Å². The van der Waals surface area contributed by atoms with Crippen molar-refractivity contribution in [3.8, 4) is 17.6 Å². The van der Waals surface area contributed by atoms with Gasteiger partial charge in [-0.05, 0) is 54.5 Å². The minimum absolute atomic E-state index is 0.0464. The predicted molar refractivity (Wildman–Crippen MR) is 110 cm³/mol. The first-order valence-corrected chi connectivity index (χ1v) is 9.34. The van der Waals surface area contributed by atoms with Crippen LogP contribution in [0.5, 0.6) is 11.5 Å². The Balaban J connectivity index is 2.29. The van der Waals surface area contributed by atoms with Crippen molar-refractivity contribution in [3.63, 3.8) is 0 Å². The number of halogens is 2. The van der Waals surface area contributed by atoms with Gasteiger partial charge in [0.15, 0.2) is 11.5 Å². The van der Waals surface area contributed by atoms with Crippen LogP contribution in [0.3, 0.4) is 0 Å². The van der Waals surface area contributed by atoms with Crippen LogP contribution >= 0.6 is 27.5 Å². The number of amides is 1. The highest BCUT2D eigenvalue weighted by molar-refractivity contribution is 9.10. The van der Waals surface area contributed by atoms with Gasteiger partial charge >= 0.3 is 0 Å². The van der Waals surface area contributed by atoms with Crippen molar-refractivity contribution in [2.75, 3.05) is 19.0 Å². The standard InChI is InChI=1S/C20H18BrClN2O3/c1-3-8-27-19-11-17(21)13(10-18(19)26-2)9-14(12-23)20(25)24-16-6-4-15(22)5-7-16/h4-7,9-11H,3,8H2,1-2H3,(H,24,25). The van der Waals surface area contributed by atoms with Crippen LogP contribution in [-0.4, -0.2) is 19.6 Å². The number of carbonyl (C=O) groups is 1. The first-order chi connectivity index (χ1) is 13.0. The maximum Gasteiger partial charge on any atom is 0.266 e. The largest absolute Gasteiger partial charge is 0.493 e. The molecular formula is C20H18BrClN2O3. The number of nitrogens with one attached hydrogen (secondary N) is 1. The van der Waals surface area contributed by atoms with E-state index in [0.717, 1.165) is 6.42 Å². The number of ether oxygens (including phenoxy) is 2. The van der Waals surface area contributed by atoms with Crippen molar-refractivity contribution in [1.82, 2.24) is 0 Å². The van der Waals surface area contributed by atoms with Crippen molar-refractivity contribution >= 4 is 45.2 Å². The molecule has 0 saturated heterocycles. The molecule has 0 unspecified atom stereocenters. The summed E-state index contributed by atoms with van der Waals surface area (Å²) in [5.74, 6) is 0.595. The van der Waals surface area contributed by atoms with E-state index in [-0.39, 0.29) is 5.57 Å². The van der Waals surface area contributed by atoms with E-state index >= 15 is 0 Å². The summed E-state index contributed by atoms with van der Waals surface area (Å²) in [6.45, 7) is 2.57. The minimum Gasteiger partial charge on any atom is -0.493 e. The summed E-state index contributed by atoms with van der Waals surface area (Å²) < 4.78 is 11.7. The summed E-state index contributed by atoms with van der Waals surface area (Å²) in [7, 11) is 1.54. The first-order valence-electron chi connectivity index (χ1n) is 8.17. The molecule has 0 fully saturated rings. The number of methoxy groups -OCH3 is 1. The number of carbonyl (C=O) groups excluding carboxylic acids is 1. The third kappa shape index (κ3) is 5.75. The average Bonchev–Trinajstić information content (AvgIpc) is 2.67. The maximum absolute atomic E-state index is 12.4. The lowest BCUT2D eigenvalue weighted by Crippen LogP contribution is -2.13. The highest BCUT2D eigenvalue weighted by Gasteiger charge is 2.13. The van der Waals surface area contributed by atoms with E-state index in [4.69, 9.17) is 21.1 Å². The van der Waals surface area contributed by atoms with Gasteiger partial charge in [-0.15, -0.1) is 0 Å². The topological polar surface area (TPSA) is 71.3 Å². The van der Waals surface area contributed by atoms with Crippen molar-refractivity contribution < 1.29 is 14.3 Å². The Bertz CT molecular complexity index is 889. The van der Waals surface area contributed by atoms with Crippen LogP contribution in [0.1, 0.15) is 18.9 Å². The average molecular weight is 450 g/mol. The van der Waals surface area contributed by atoms with Crippen molar-refractivity contribution in [2.45, 2.75) is 13.3 Å². The Morgan fingerprint density at radius 2 is 2.00 bits per heavy atom. The van der Waals surface area contributed by atoms with E-state index in [1.165, 1.54) is 13.2 Å². The third-order valence-corrected chi connectivity index (χ3v) is 4.45. The summed E-state index contributed by atoms with van der Waals surface area (Å²) in [5, 5.41) is 12.6. The maximum atomic E-state index is 12.4. The molecule has 0 atom stereocenters. The summed E-state index contributed by atoms with van der Waals surface area (Å²) in [6.07, 6.45) is 2.35. The van der Waals surface area contributed by atoms with E-state index in [2.05, 4.69) is 21.2 Å². The minimum atomic E-state index is -0.517. The molecule has 0 aromatic heterocycles. The van der Waals surface area contributed by atoms with Crippen LogP contribution < -0.4 is 14.8 Å². The van der Waals surface area contributed by atoms with Crippen LogP contribution in [0.25, 0.3) is 6.08 Å². The number of rotatable bonds is 7. The zero-order chi connectivity index (χ0) is 19.8. The summed E-state index contributed by atoms with van der Waals surface area (Å²) in [6, 6.07) is 12.0. The van der Waals surface area contributed by atoms with Gasteiger partial charge in [0.05, 0.1) is 13.7 Å². The zero-order valence-electron chi connectivity index (χ0n) is 14.9. The summed E-state index contributed by atoms with van der Waals surface area (Å²) in [5.41, 5.74) is 1.12. The molecule has 1 N–H and O–H groups in total. The van der Waals surface area contributed by atoms with E-state index in [1.807, 2.05) is 13.0 Å². The second kappa shape index (κ2) is 10.0. The van der Waals surface area contributed by atoms with E-state index in [1.54, 1.807) is 36.4 Å². The number of hydrogen-bond acceptors (Lipinski definition) is 4. The first kappa shape index (κ1) is 20.8. The molecule has 27 heavy (non-hydrogen) atoms. The molecule has 0 radical (unpaired) electrons. The van der Waals surface area contributed by atoms with E-state index in [9.17, 15) is 10.1 Å².